The fourth-order valence-electron chi connectivity index (χ4n) is 3.06. The summed E-state index contributed by atoms with van der Waals surface area (Å²) in [6.45, 7) is 4.85. The van der Waals surface area contributed by atoms with E-state index in [1.807, 2.05) is 0 Å². The topological polar surface area (TPSA) is 115 Å². The van der Waals surface area contributed by atoms with Crippen molar-refractivity contribution in [2.75, 3.05) is 0 Å². The van der Waals surface area contributed by atoms with Gasteiger partial charge in [0.15, 0.2) is 12.1 Å². The molecule has 23 heavy (non-hydrogen) atoms. The Morgan fingerprint density at radius 1 is 1.35 bits per heavy atom. The molecule has 0 aromatic heterocycles. The van der Waals surface area contributed by atoms with E-state index in [1.54, 1.807) is 13.8 Å². The number of hydrogen-bond acceptors (Lipinski definition) is 6. The molecule has 2 fully saturated rings. The molecule has 5 unspecified atom stereocenters. The monoisotopic (exact) mass is 325 g/mol. The number of aldehydes is 1. The van der Waals surface area contributed by atoms with Gasteiger partial charge in [-0.25, -0.2) is 4.79 Å². The van der Waals surface area contributed by atoms with Gasteiger partial charge in [-0.3, -0.25) is 4.79 Å². The highest BCUT2D eigenvalue weighted by Crippen LogP contribution is 2.40. The summed E-state index contributed by atoms with van der Waals surface area (Å²) in [5, 5.41) is 7.74. The van der Waals surface area contributed by atoms with Gasteiger partial charge in [0.05, 0.1) is 0 Å². The molecule has 3 rings (SSSR count). The van der Waals surface area contributed by atoms with E-state index in [-0.39, 0.29) is 5.91 Å². The first-order valence-electron chi connectivity index (χ1n) is 7.31. The highest BCUT2D eigenvalue weighted by Gasteiger charge is 2.57. The van der Waals surface area contributed by atoms with Crippen molar-refractivity contribution in [1.29, 1.82) is 0 Å². The third kappa shape index (κ3) is 2.94. The number of fused-ring (bicyclic) bond motifs is 1. The van der Waals surface area contributed by atoms with Crippen LogP contribution in [0.1, 0.15) is 20.8 Å². The number of carbonyl (C=O) groups excluding carboxylic acids is 3. The van der Waals surface area contributed by atoms with E-state index in [0.717, 1.165) is 0 Å². The lowest BCUT2D eigenvalue weighted by molar-refractivity contribution is -0.182. The lowest BCUT2D eigenvalue weighted by Crippen LogP contribution is -2.57. The first-order chi connectivity index (χ1) is 10.8. The second-order valence-electron chi connectivity index (χ2n) is 6.12. The van der Waals surface area contributed by atoms with E-state index in [2.05, 4.69) is 16.0 Å². The van der Waals surface area contributed by atoms with Gasteiger partial charge < -0.3 is 35.0 Å². The minimum atomic E-state index is -0.839. The summed E-state index contributed by atoms with van der Waals surface area (Å²) in [6, 6.07) is -0.446. The number of hydrogen-bond donors (Lipinski definition) is 3. The Kier molecular flexibility index (Phi) is 3.86. The highest BCUT2D eigenvalue weighted by molar-refractivity contribution is 5.80. The van der Waals surface area contributed by atoms with Crippen molar-refractivity contribution in [3.05, 3.63) is 11.8 Å². The van der Waals surface area contributed by atoms with E-state index in [9.17, 15) is 14.4 Å². The zero-order valence-corrected chi connectivity index (χ0v) is 13.0. The molecule has 0 aliphatic carbocycles. The predicted molar refractivity (Wildman–Crippen MR) is 75.9 cm³/mol. The molecule has 0 bridgehead atoms. The number of ether oxygens (including phenoxy) is 3. The number of amides is 3. The molecular formula is C14H19N3O6. The third-order valence-corrected chi connectivity index (χ3v) is 3.88. The largest absolute Gasteiger partial charge is 0.357 e. The number of nitrogens with one attached hydrogen (secondary N) is 3. The van der Waals surface area contributed by atoms with Crippen LogP contribution in [0.2, 0.25) is 0 Å². The summed E-state index contributed by atoms with van der Waals surface area (Å²) in [7, 11) is 0. The minimum Gasteiger partial charge on any atom is -0.357 e. The maximum atomic E-state index is 11.5. The Bertz CT molecular complexity index is 575. The zero-order chi connectivity index (χ0) is 16.8. The quantitative estimate of drug-likeness (QED) is 0.581. The van der Waals surface area contributed by atoms with Gasteiger partial charge in [0.25, 0.3) is 0 Å². The average molecular weight is 325 g/mol. The summed E-state index contributed by atoms with van der Waals surface area (Å²) in [5.41, 5.74) is 0.556. The maximum absolute atomic E-state index is 11.5. The van der Waals surface area contributed by atoms with Crippen LogP contribution in [-0.4, -0.2) is 54.6 Å². The Balaban J connectivity index is 1.88. The smallest absolute Gasteiger partial charge is 0.320 e. The molecule has 3 aliphatic heterocycles. The fourth-order valence-corrected chi connectivity index (χ4v) is 3.06. The molecule has 0 aromatic rings. The van der Waals surface area contributed by atoms with Gasteiger partial charge in [-0.1, -0.05) is 0 Å². The summed E-state index contributed by atoms with van der Waals surface area (Å²) >= 11 is 0. The number of rotatable bonds is 3. The van der Waals surface area contributed by atoms with E-state index in [0.29, 0.717) is 11.9 Å². The Morgan fingerprint density at radius 3 is 2.70 bits per heavy atom. The Labute approximate surface area is 132 Å². The third-order valence-electron chi connectivity index (χ3n) is 3.88. The van der Waals surface area contributed by atoms with Crippen molar-refractivity contribution in [2.24, 2.45) is 0 Å². The molecule has 3 N–H and O–H groups in total. The standard InChI is InChI=1S/C14H19N3O6/c1-6(19)16-12-7(4-15-13(20)17-12)9-11-10(8(5-18)21-9)22-14(2,3)23-11/h4-5,8-12H,1-3H3,(H,16,19)(H2,15,17,20). The van der Waals surface area contributed by atoms with Crippen molar-refractivity contribution in [3.8, 4) is 0 Å². The Morgan fingerprint density at radius 2 is 2.04 bits per heavy atom. The number of urea groups is 1. The first-order valence-corrected chi connectivity index (χ1v) is 7.31. The van der Waals surface area contributed by atoms with Crippen LogP contribution >= 0.6 is 0 Å². The Hall–Kier alpha value is -1.97. The second-order valence-corrected chi connectivity index (χ2v) is 6.12. The van der Waals surface area contributed by atoms with Gasteiger partial charge in [-0.2, -0.15) is 0 Å². The molecule has 2 saturated heterocycles. The maximum Gasteiger partial charge on any atom is 0.320 e. The van der Waals surface area contributed by atoms with Crippen LogP contribution < -0.4 is 16.0 Å². The second kappa shape index (κ2) is 5.59. The first kappa shape index (κ1) is 15.9. The van der Waals surface area contributed by atoms with Crippen LogP contribution in [0.5, 0.6) is 0 Å². The lowest BCUT2D eigenvalue weighted by atomic mass is 9.99. The summed E-state index contributed by atoms with van der Waals surface area (Å²) in [6.07, 6.45) is -1.08. The van der Waals surface area contributed by atoms with Gasteiger partial charge in [-0.15, -0.1) is 0 Å². The molecule has 9 heteroatoms. The zero-order valence-electron chi connectivity index (χ0n) is 13.0. The molecule has 126 valence electrons. The van der Waals surface area contributed by atoms with E-state index < -0.39 is 42.4 Å². The minimum absolute atomic E-state index is 0.312. The summed E-state index contributed by atoms with van der Waals surface area (Å²) < 4.78 is 17.3. The van der Waals surface area contributed by atoms with Gasteiger partial charge in [-0.05, 0) is 13.8 Å². The van der Waals surface area contributed by atoms with Crippen molar-refractivity contribution < 1.29 is 28.6 Å². The average Bonchev–Trinajstić information content (AvgIpc) is 2.91. The van der Waals surface area contributed by atoms with Crippen molar-refractivity contribution in [1.82, 2.24) is 16.0 Å². The molecule has 0 aromatic carbocycles. The molecule has 3 amide bonds. The molecule has 9 nitrogen and oxygen atoms in total. The fraction of sp³-hybridized carbons (Fsp3) is 0.643. The SMILES string of the molecule is CC(=O)NC1NC(=O)NC=C1C1OC(C=O)C2OC(C)(C)OC12. The molecule has 0 radical (unpaired) electrons. The highest BCUT2D eigenvalue weighted by atomic mass is 16.8. The lowest BCUT2D eigenvalue weighted by Gasteiger charge is -2.31. The molecule has 0 spiro atoms. The van der Waals surface area contributed by atoms with Gasteiger partial charge in [0.1, 0.15) is 30.6 Å². The van der Waals surface area contributed by atoms with Crippen LogP contribution in [0.15, 0.2) is 11.8 Å². The van der Waals surface area contributed by atoms with E-state index in [1.165, 1.54) is 13.1 Å². The normalized spacial score (nSPS) is 38.1. The van der Waals surface area contributed by atoms with Crippen molar-refractivity contribution in [3.63, 3.8) is 0 Å². The van der Waals surface area contributed by atoms with Gasteiger partial charge in [0.2, 0.25) is 5.91 Å². The van der Waals surface area contributed by atoms with Crippen LogP contribution in [0.4, 0.5) is 4.79 Å². The summed E-state index contributed by atoms with van der Waals surface area (Å²) in [5.74, 6) is -1.15. The van der Waals surface area contributed by atoms with Crippen molar-refractivity contribution >= 4 is 18.2 Å². The molecule has 5 atom stereocenters. The van der Waals surface area contributed by atoms with Crippen LogP contribution in [0, 0.1) is 0 Å². The van der Waals surface area contributed by atoms with Crippen molar-refractivity contribution in [2.45, 2.75) is 57.1 Å². The van der Waals surface area contributed by atoms with E-state index in [4.69, 9.17) is 14.2 Å². The predicted octanol–water partition coefficient (Wildman–Crippen LogP) is -0.868. The molecule has 3 heterocycles. The van der Waals surface area contributed by atoms with Gasteiger partial charge in [0, 0.05) is 18.7 Å². The van der Waals surface area contributed by atoms with Gasteiger partial charge >= 0.3 is 6.03 Å². The summed E-state index contributed by atoms with van der Waals surface area (Å²) in [4.78, 5) is 34.1. The molecular weight excluding hydrogens is 306 g/mol. The van der Waals surface area contributed by atoms with Crippen LogP contribution in [0.3, 0.4) is 0 Å². The number of carbonyl (C=O) groups is 3. The molecule has 0 saturated carbocycles. The molecule has 3 aliphatic rings. The van der Waals surface area contributed by atoms with Crippen LogP contribution in [-0.2, 0) is 23.8 Å². The van der Waals surface area contributed by atoms with E-state index >= 15 is 0 Å². The van der Waals surface area contributed by atoms with Crippen LogP contribution in [0.25, 0.3) is 0 Å².